The van der Waals surface area contributed by atoms with E-state index in [4.69, 9.17) is 27.8 Å². The smallest absolute Gasteiger partial charge is 0.124 e. The number of hydrogen-bond acceptors (Lipinski definition) is 3. The molecule has 0 aromatic heterocycles. The van der Waals surface area contributed by atoms with E-state index in [0.29, 0.717) is 11.6 Å². The second kappa shape index (κ2) is 5.04. The fraction of sp³-hybridized carbons (Fsp3) is 0.500. The van der Waals surface area contributed by atoms with Gasteiger partial charge in [-0.15, -0.1) is 0 Å². The van der Waals surface area contributed by atoms with Gasteiger partial charge in [0.15, 0.2) is 0 Å². The average Bonchev–Trinajstić information content (AvgIpc) is 3.10. The zero-order chi connectivity index (χ0) is 11.5. The maximum Gasteiger partial charge on any atom is 0.124 e. The molecule has 1 aromatic rings. The minimum atomic E-state index is -0.215. The molecule has 0 heterocycles. The van der Waals surface area contributed by atoms with Crippen molar-refractivity contribution in [1.29, 1.82) is 0 Å². The van der Waals surface area contributed by atoms with E-state index >= 15 is 0 Å². The summed E-state index contributed by atoms with van der Waals surface area (Å²) in [5.74, 6) is 1.53. The van der Waals surface area contributed by atoms with E-state index in [1.807, 2.05) is 18.2 Å². The lowest BCUT2D eigenvalue weighted by Crippen LogP contribution is -2.21. The van der Waals surface area contributed by atoms with E-state index in [2.05, 4.69) is 0 Å². The van der Waals surface area contributed by atoms with Gasteiger partial charge >= 0.3 is 0 Å². The third-order valence-corrected chi connectivity index (χ3v) is 3.03. The van der Waals surface area contributed by atoms with Crippen LogP contribution in [0.2, 0.25) is 5.02 Å². The summed E-state index contributed by atoms with van der Waals surface area (Å²) in [4.78, 5) is 0. The first-order valence-electron chi connectivity index (χ1n) is 5.58. The van der Waals surface area contributed by atoms with E-state index in [9.17, 15) is 0 Å². The van der Waals surface area contributed by atoms with E-state index in [0.717, 1.165) is 23.8 Å². The molecule has 0 radical (unpaired) electrons. The SMILES string of the molecule is NCC(N)c1cc(Cl)ccc1OCC1CC1. The Hall–Kier alpha value is -0.770. The zero-order valence-electron chi connectivity index (χ0n) is 9.16. The largest absolute Gasteiger partial charge is 0.493 e. The Balaban J connectivity index is 2.13. The molecule has 0 amide bonds. The maximum atomic E-state index is 5.94. The predicted molar refractivity (Wildman–Crippen MR) is 65.7 cm³/mol. The third kappa shape index (κ3) is 2.88. The van der Waals surface area contributed by atoms with Crippen molar-refractivity contribution in [2.75, 3.05) is 13.2 Å². The topological polar surface area (TPSA) is 61.3 Å². The lowest BCUT2D eigenvalue weighted by Gasteiger charge is -2.16. The van der Waals surface area contributed by atoms with Gasteiger partial charge in [0, 0.05) is 23.2 Å². The Morgan fingerprint density at radius 1 is 1.44 bits per heavy atom. The van der Waals surface area contributed by atoms with Gasteiger partial charge in [-0.05, 0) is 37.0 Å². The van der Waals surface area contributed by atoms with Crippen LogP contribution in [0.4, 0.5) is 0 Å². The third-order valence-electron chi connectivity index (χ3n) is 2.80. The Morgan fingerprint density at radius 2 is 2.19 bits per heavy atom. The van der Waals surface area contributed by atoms with Crippen LogP contribution in [0.15, 0.2) is 18.2 Å². The first-order chi connectivity index (χ1) is 7.70. The molecule has 0 spiro atoms. The zero-order valence-corrected chi connectivity index (χ0v) is 9.91. The van der Waals surface area contributed by atoms with Crippen molar-refractivity contribution in [2.24, 2.45) is 17.4 Å². The van der Waals surface area contributed by atoms with Crippen molar-refractivity contribution >= 4 is 11.6 Å². The van der Waals surface area contributed by atoms with Crippen molar-refractivity contribution in [3.63, 3.8) is 0 Å². The summed E-state index contributed by atoms with van der Waals surface area (Å²) in [5.41, 5.74) is 12.4. The van der Waals surface area contributed by atoms with Gasteiger partial charge in [-0.1, -0.05) is 11.6 Å². The Bertz CT molecular complexity index is 366. The summed E-state index contributed by atoms with van der Waals surface area (Å²) in [6.45, 7) is 1.16. The minimum Gasteiger partial charge on any atom is -0.493 e. The highest BCUT2D eigenvalue weighted by Gasteiger charge is 2.22. The van der Waals surface area contributed by atoms with Gasteiger partial charge in [-0.3, -0.25) is 0 Å². The molecule has 4 heteroatoms. The first-order valence-corrected chi connectivity index (χ1v) is 5.96. The molecule has 1 atom stereocenters. The molecule has 1 aliphatic carbocycles. The van der Waals surface area contributed by atoms with Gasteiger partial charge in [-0.25, -0.2) is 0 Å². The normalized spacial score (nSPS) is 17.2. The van der Waals surface area contributed by atoms with Crippen LogP contribution in [0.1, 0.15) is 24.4 Å². The highest BCUT2D eigenvalue weighted by Crippen LogP contribution is 2.32. The molecule has 1 fully saturated rings. The van der Waals surface area contributed by atoms with Crippen LogP contribution in [0.3, 0.4) is 0 Å². The van der Waals surface area contributed by atoms with Crippen LogP contribution < -0.4 is 16.2 Å². The minimum absolute atomic E-state index is 0.215. The summed E-state index contributed by atoms with van der Waals surface area (Å²) in [6.07, 6.45) is 2.54. The average molecular weight is 241 g/mol. The summed E-state index contributed by atoms with van der Waals surface area (Å²) >= 11 is 5.94. The quantitative estimate of drug-likeness (QED) is 0.829. The molecular formula is C12H17ClN2O. The number of rotatable bonds is 5. The number of hydrogen-bond donors (Lipinski definition) is 2. The van der Waals surface area contributed by atoms with Crippen LogP contribution in [0, 0.1) is 5.92 Å². The van der Waals surface area contributed by atoms with Crippen molar-refractivity contribution in [3.05, 3.63) is 28.8 Å². The van der Waals surface area contributed by atoms with Crippen LogP contribution in [-0.2, 0) is 0 Å². The highest BCUT2D eigenvalue weighted by atomic mass is 35.5. The highest BCUT2D eigenvalue weighted by molar-refractivity contribution is 6.30. The van der Waals surface area contributed by atoms with Gasteiger partial charge < -0.3 is 16.2 Å². The number of nitrogens with two attached hydrogens (primary N) is 2. The molecule has 0 bridgehead atoms. The van der Waals surface area contributed by atoms with E-state index in [-0.39, 0.29) is 6.04 Å². The molecule has 0 aliphatic heterocycles. The Labute approximate surface area is 101 Å². The molecule has 2 rings (SSSR count). The molecule has 1 unspecified atom stereocenters. The van der Waals surface area contributed by atoms with Gasteiger partial charge in [0.25, 0.3) is 0 Å². The molecule has 0 saturated heterocycles. The van der Waals surface area contributed by atoms with E-state index in [1.54, 1.807) is 0 Å². The summed E-state index contributed by atoms with van der Waals surface area (Å²) < 4.78 is 5.74. The van der Waals surface area contributed by atoms with E-state index in [1.165, 1.54) is 12.8 Å². The second-order valence-electron chi connectivity index (χ2n) is 4.28. The van der Waals surface area contributed by atoms with Crippen LogP contribution >= 0.6 is 11.6 Å². The molecule has 1 aliphatic rings. The molecule has 4 N–H and O–H groups in total. The van der Waals surface area contributed by atoms with Gasteiger partial charge in [0.1, 0.15) is 5.75 Å². The number of halogens is 1. The molecule has 3 nitrogen and oxygen atoms in total. The summed E-state index contributed by atoms with van der Waals surface area (Å²) in [6, 6.07) is 5.31. The van der Waals surface area contributed by atoms with Crippen LogP contribution in [0.25, 0.3) is 0 Å². The molecule has 16 heavy (non-hydrogen) atoms. The summed E-state index contributed by atoms with van der Waals surface area (Å²) in [5, 5.41) is 0.665. The molecular weight excluding hydrogens is 224 g/mol. The van der Waals surface area contributed by atoms with Crippen molar-refractivity contribution in [1.82, 2.24) is 0 Å². The Morgan fingerprint density at radius 3 is 2.81 bits per heavy atom. The lowest BCUT2D eigenvalue weighted by atomic mass is 10.1. The van der Waals surface area contributed by atoms with Gasteiger partial charge in [-0.2, -0.15) is 0 Å². The van der Waals surface area contributed by atoms with Crippen molar-refractivity contribution in [3.8, 4) is 5.75 Å². The summed E-state index contributed by atoms with van der Waals surface area (Å²) in [7, 11) is 0. The first kappa shape index (κ1) is 11.7. The lowest BCUT2D eigenvalue weighted by molar-refractivity contribution is 0.295. The monoisotopic (exact) mass is 240 g/mol. The molecule has 1 aromatic carbocycles. The fourth-order valence-electron chi connectivity index (χ4n) is 1.56. The maximum absolute atomic E-state index is 5.94. The van der Waals surface area contributed by atoms with Crippen molar-refractivity contribution in [2.45, 2.75) is 18.9 Å². The molecule has 1 saturated carbocycles. The Kier molecular flexibility index (Phi) is 3.69. The molecule has 88 valence electrons. The van der Waals surface area contributed by atoms with Crippen LogP contribution in [0.5, 0.6) is 5.75 Å². The van der Waals surface area contributed by atoms with Gasteiger partial charge in [0.05, 0.1) is 6.61 Å². The van der Waals surface area contributed by atoms with Crippen molar-refractivity contribution < 1.29 is 4.74 Å². The number of ether oxygens (including phenoxy) is 1. The number of benzene rings is 1. The second-order valence-corrected chi connectivity index (χ2v) is 4.72. The standard InChI is InChI=1S/C12H17ClN2O/c13-9-3-4-12(16-7-8-1-2-8)10(5-9)11(15)6-14/h3-5,8,11H,1-2,6-7,14-15H2. The fourth-order valence-corrected chi connectivity index (χ4v) is 1.74. The van der Waals surface area contributed by atoms with Gasteiger partial charge in [0.2, 0.25) is 0 Å². The van der Waals surface area contributed by atoms with Crippen LogP contribution in [-0.4, -0.2) is 13.2 Å². The predicted octanol–water partition coefficient (Wildman–Crippen LogP) is 2.09. The van der Waals surface area contributed by atoms with E-state index < -0.39 is 0 Å².